The van der Waals surface area contributed by atoms with Crippen molar-refractivity contribution in [3.63, 3.8) is 0 Å². The SMILES string of the molecule is COc1ccc(CN)cc1OC(C)CS(C)(=O)=O. The maximum absolute atomic E-state index is 11.2. The highest BCUT2D eigenvalue weighted by Crippen LogP contribution is 2.29. The summed E-state index contributed by atoms with van der Waals surface area (Å²) in [5.41, 5.74) is 6.45. The second kappa shape index (κ2) is 6.06. The molecule has 5 nitrogen and oxygen atoms in total. The standard InChI is InChI=1S/C12H19NO4S/c1-9(8-18(3,14)15)17-12-6-10(7-13)4-5-11(12)16-2/h4-6,9H,7-8,13H2,1-3H3. The first-order chi connectivity index (χ1) is 8.35. The van der Waals surface area contributed by atoms with Gasteiger partial charge in [0, 0.05) is 12.8 Å². The first-order valence-electron chi connectivity index (χ1n) is 5.57. The maximum atomic E-state index is 11.2. The zero-order chi connectivity index (χ0) is 13.8. The number of ether oxygens (including phenoxy) is 2. The Labute approximate surface area is 108 Å². The predicted octanol–water partition coefficient (Wildman–Crippen LogP) is 0.966. The van der Waals surface area contributed by atoms with Gasteiger partial charge in [0.25, 0.3) is 0 Å². The van der Waals surface area contributed by atoms with Crippen LogP contribution in [0.3, 0.4) is 0 Å². The first kappa shape index (κ1) is 14.8. The molecule has 0 radical (unpaired) electrons. The lowest BCUT2D eigenvalue weighted by atomic mass is 10.2. The summed E-state index contributed by atoms with van der Waals surface area (Å²) >= 11 is 0. The number of sulfone groups is 1. The fourth-order valence-electron chi connectivity index (χ4n) is 1.62. The summed E-state index contributed by atoms with van der Waals surface area (Å²) in [5.74, 6) is 1.03. The number of nitrogens with two attached hydrogens (primary N) is 1. The highest BCUT2D eigenvalue weighted by molar-refractivity contribution is 7.90. The number of hydrogen-bond acceptors (Lipinski definition) is 5. The third kappa shape index (κ3) is 4.54. The molecule has 1 aromatic carbocycles. The molecule has 0 bridgehead atoms. The summed E-state index contributed by atoms with van der Waals surface area (Å²) in [6.07, 6.45) is 0.738. The highest BCUT2D eigenvalue weighted by atomic mass is 32.2. The molecule has 1 rings (SSSR count). The van der Waals surface area contributed by atoms with Crippen LogP contribution in [0.1, 0.15) is 12.5 Å². The van der Waals surface area contributed by atoms with Crippen LogP contribution in [0.2, 0.25) is 0 Å². The van der Waals surface area contributed by atoms with E-state index in [1.54, 1.807) is 19.1 Å². The van der Waals surface area contributed by atoms with Crippen LogP contribution in [0, 0.1) is 0 Å². The molecular weight excluding hydrogens is 254 g/mol. The average Bonchev–Trinajstić information content (AvgIpc) is 2.26. The Kier molecular flexibility index (Phi) is 4.98. The van der Waals surface area contributed by atoms with Crippen molar-refractivity contribution in [2.75, 3.05) is 19.1 Å². The van der Waals surface area contributed by atoms with E-state index in [0.29, 0.717) is 18.0 Å². The van der Waals surface area contributed by atoms with Crippen LogP contribution >= 0.6 is 0 Å². The molecule has 2 N–H and O–H groups in total. The topological polar surface area (TPSA) is 78.6 Å². The third-order valence-corrected chi connectivity index (χ3v) is 3.40. The van der Waals surface area contributed by atoms with E-state index in [1.165, 1.54) is 13.4 Å². The van der Waals surface area contributed by atoms with Gasteiger partial charge in [0.2, 0.25) is 0 Å². The van der Waals surface area contributed by atoms with E-state index in [-0.39, 0.29) is 5.75 Å². The Morgan fingerprint density at radius 2 is 2.00 bits per heavy atom. The Balaban J connectivity index is 2.88. The van der Waals surface area contributed by atoms with Gasteiger partial charge in [0.15, 0.2) is 21.3 Å². The van der Waals surface area contributed by atoms with Gasteiger partial charge in [0.05, 0.1) is 12.9 Å². The molecule has 18 heavy (non-hydrogen) atoms. The fraction of sp³-hybridized carbons (Fsp3) is 0.500. The predicted molar refractivity (Wildman–Crippen MR) is 70.7 cm³/mol. The van der Waals surface area contributed by atoms with Crippen LogP contribution in [0.5, 0.6) is 11.5 Å². The number of methoxy groups -OCH3 is 1. The van der Waals surface area contributed by atoms with Crippen LogP contribution in [0.25, 0.3) is 0 Å². The van der Waals surface area contributed by atoms with Gasteiger partial charge in [-0.05, 0) is 24.6 Å². The summed E-state index contributed by atoms with van der Waals surface area (Å²) in [6.45, 7) is 2.09. The van der Waals surface area contributed by atoms with E-state index in [0.717, 1.165) is 5.56 Å². The molecule has 102 valence electrons. The van der Waals surface area contributed by atoms with Gasteiger partial charge in [-0.15, -0.1) is 0 Å². The maximum Gasteiger partial charge on any atom is 0.161 e. The first-order valence-corrected chi connectivity index (χ1v) is 7.63. The zero-order valence-corrected chi connectivity index (χ0v) is 11.7. The fourth-order valence-corrected chi connectivity index (χ4v) is 2.54. The number of rotatable bonds is 6. The molecule has 6 heteroatoms. The van der Waals surface area contributed by atoms with Crippen molar-refractivity contribution in [2.45, 2.75) is 19.6 Å². The molecule has 0 aliphatic heterocycles. The van der Waals surface area contributed by atoms with Crippen molar-refractivity contribution >= 4 is 9.84 Å². The van der Waals surface area contributed by atoms with E-state index in [1.807, 2.05) is 6.07 Å². The van der Waals surface area contributed by atoms with Gasteiger partial charge >= 0.3 is 0 Å². The smallest absolute Gasteiger partial charge is 0.161 e. The van der Waals surface area contributed by atoms with E-state index >= 15 is 0 Å². The Morgan fingerprint density at radius 1 is 1.33 bits per heavy atom. The minimum Gasteiger partial charge on any atom is -0.493 e. The summed E-state index contributed by atoms with van der Waals surface area (Å²) in [7, 11) is -1.54. The molecule has 0 amide bonds. The minimum atomic E-state index is -3.07. The molecule has 0 aliphatic carbocycles. The molecule has 0 aliphatic rings. The molecular formula is C12H19NO4S. The molecule has 1 atom stereocenters. The lowest BCUT2D eigenvalue weighted by molar-refractivity contribution is 0.232. The molecule has 0 aromatic heterocycles. The summed E-state index contributed by atoms with van der Waals surface area (Å²) in [5, 5.41) is 0. The average molecular weight is 273 g/mol. The Hall–Kier alpha value is -1.27. The van der Waals surface area contributed by atoms with Gasteiger partial charge in [-0.3, -0.25) is 0 Å². The van der Waals surface area contributed by atoms with Crippen LogP contribution in [-0.4, -0.2) is 33.6 Å². The highest BCUT2D eigenvalue weighted by Gasteiger charge is 2.14. The molecule has 0 saturated heterocycles. The van der Waals surface area contributed by atoms with Crippen molar-refractivity contribution in [2.24, 2.45) is 5.73 Å². The quantitative estimate of drug-likeness (QED) is 0.835. The molecule has 1 unspecified atom stereocenters. The summed E-state index contributed by atoms with van der Waals surface area (Å²) < 4.78 is 33.1. The zero-order valence-electron chi connectivity index (χ0n) is 10.8. The van der Waals surface area contributed by atoms with Gasteiger partial charge in [-0.25, -0.2) is 8.42 Å². The second-order valence-electron chi connectivity index (χ2n) is 4.21. The van der Waals surface area contributed by atoms with E-state index in [4.69, 9.17) is 15.2 Å². The van der Waals surface area contributed by atoms with Crippen molar-refractivity contribution < 1.29 is 17.9 Å². The van der Waals surface area contributed by atoms with Crippen molar-refractivity contribution in [1.29, 1.82) is 0 Å². The van der Waals surface area contributed by atoms with Gasteiger partial charge in [0.1, 0.15) is 6.10 Å². The Morgan fingerprint density at radius 3 is 2.50 bits per heavy atom. The van der Waals surface area contributed by atoms with Crippen molar-refractivity contribution in [3.05, 3.63) is 23.8 Å². The van der Waals surface area contributed by atoms with E-state index in [9.17, 15) is 8.42 Å². The molecule has 0 fully saturated rings. The van der Waals surface area contributed by atoms with Crippen LogP contribution in [0.15, 0.2) is 18.2 Å². The van der Waals surface area contributed by atoms with Crippen LogP contribution < -0.4 is 15.2 Å². The normalized spacial score (nSPS) is 13.1. The lowest BCUT2D eigenvalue weighted by Gasteiger charge is -2.16. The van der Waals surface area contributed by atoms with Crippen LogP contribution in [-0.2, 0) is 16.4 Å². The summed E-state index contributed by atoms with van der Waals surface area (Å²) in [4.78, 5) is 0. The van der Waals surface area contributed by atoms with Gasteiger partial charge in [-0.1, -0.05) is 6.07 Å². The molecule has 1 aromatic rings. The summed E-state index contributed by atoms with van der Waals surface area (Å²) in [6, 6.07) is 5.36. The van der Waals surface area contributed by atoms with Gasteiger partial charge in [-0.2, -0.15) is 0 Å². The molecule has 0 heterocycles. The Bertz CT molecular complexity index is 499. The second-order valence-corrected chi connectivity index (χ2v) is 6.40. The van der Waals surface area contributed by atoms with Crippen LogP contribution in [0.4, 0.5) is 0 Å². The van der Waals surface area contributed by atoms with Crippen molar-refractivity contribution in [1.82, 2.24) is 0 Å². The third-order valence-electron chi connectivity index (χ3n) is 2.33. The van der Waals surface area contributed by atoms with E-state index < -0.39 is 15.9 Å². The molecule has 0 spiro atoms. The van der Waals surface area contributed by atoms with Gasteiger partial charge < -0.3 is 15.2 Å². The largest absolute Gasteiger partial charge is 0.493 e. The number of benzene rings is 1. The lowest BCUT2D eigenvalue weighted by Crippen LogP contribution is -2.23. The monoisotopic (exact) mass is 273 g/mol. The van der Waals surface area contributed by atoms with E-state index in [2.05, 4.69) is 0 Å². The van der Waals surface area contributed by atoms with Crippen molar-refractivity contribution in [3.8, 4) is 11.5 Å². The molecule has 0 saturated carbocycles. The minimum absolute atomic E-state index is 0.0387. The number of hydrogen-bond donors (Lipinski definition) is 1.